The second-order valence-corrected chi connectivity index (χ2v) is 7.29. The molecule has 6 nitrogen and oxygen atoms in total. The summed E-state index contributed by atoms with van der Waals surface area (Å²) < 4.78 is 18.2. The number of benzene rings is 2. The molecule has 0 saturated heterocycles. The maximum atomic E-state index is 12.4. The molecule has 7 heteroatoms. The van der Waals surface area contributed by atoms with E-state index in [2.05, 4.69) is 26.2 Å². The maximum Gasteiger partial charge on any atom is 0.291 e. The Morgan fingerprint density at radius 1 is 1.13 bits per heavy atom. The SMILES string of the molecule is CCOc1c(Br)cc(/C=C2/Oc3ccccc3NC2=O)cc1OCc1ccccn1. The number of fused-ring (bicyclic) bond motifs is 1. The Morgan fingerprint density at radius 2 is 1.97 bits per heavy atom. The number of anilines is 1. The lowest BCUT2D eigenvalue weighted by atomic mass is 10.1. The number of nitrogens with one attached hydrogen (secondary N) is 1. The molecule has 1 aliphatic rings. The molecule has 0 radical (unpaired) electrons. The molecule has 3 aromatic rings. The molecule has 1 N–H and O–H groups in total. The van der Waals surface area contributed by atoms with Crippen LogP contribution >= 0.6 is 15.9 Å². The third kappa shape index (κ3) is 4.46. The van der Waals surface area contributed by atoms with E-state index >= 15 is 0 Å². The molecule has 152 valence electrons. The van der Waals surface area contributed by atoms with Gasteiger partial charge in [0.15, 0.2) is 23.0 Å². The normalized spacial score (nSPS) is 13.9. The van der Waals surface area contributed by atoms with Crippen molar-refractivity contribution in [1.29, 1.82) is 0 Å². The molecule has 30 heavy (non-hydrogen) atoms. The molecule has 0 spiro atoms. The van der Waals surface area contributed by atoms with Crippen molar-refractivity contribution >= 4 is 33.6 Å². The predicted molar refractivity (Wildman–Crippen MR) is 118 cm³/mol. The maximum absolute atomic E-state index is 12.4. The number of para-hydroxylation sites is 2. The average molecular weight is 467 g/mol. The van der Waals surface area contributed by atoms with Gasteiger partial charge in [-0.2, -0.15) is 0 Å². The number of amides is 1. The molecule has 0 aliphatic carbocycles. The van der Waals surface area contributed by atoms with Gasteiger partial charge in [0, 0.05) is 6.20 Å². The van der Waals surface area contributed by atoms with Crippen LogP contribution in [0.5, 0.6) is 17.2 Å². The van der Waals surface area contributed by atoms with Gasteiger partial charge in [-0.25, -0.2) is 0 Å². The summed E-state index contributed by atoms with van der Waals surface area (Å²) in [4.78, 5) is 16.7. The van der Waals surface area contributed by atoms with Gasteiger partial charge in [-0.3, -0.25) is 9.78 Å². The van der Waals surface area contributed by atoms with Gasteiger partial charge < -0.3 is 19.5 Å². The molecule has 0 bridgehead atoms. The third-order valence-corrected chi connectivity index (χ3v) is 4.89. The first-order valence-electron chi connectivity index (χ1n) is 9.43. The predicted octanol–water partition coefficient (Wildman–Crippen LogP) is 5.19. The van der Waals surface area contributed by atoms with E-state index < -0.39 is 0 Å². The number of carbonyl (C=O) groups is 1. The summed E-state index contributed by atoms with van der Waals surface area (Å²) in [7, 11) is 0. The second-order valence-electron chi connectivity index (χ2n) is 6.43. The highest BCUT2D eigenvalue weighted by atomic mass is 79.9. The van der Waals surface area contributed by atoms with E-state index in [1.165, 1.54) is 0 Å². The van der Waals surface area contributed by atoms with Crippen LogP contribution in [0.15, 0.2) is 71.0 Å². The number of carbonyl (C=O) groups excluding carboxylic acids is 1. The quantitative estimate of drug-likeness (QED) is 0.505. The summed E-state index contributed by atoms with van der Waals surface area (Å²) in [6.45, 7) is 2.68. The van der Waals surface area contributed by atoms with Crippen LogP contribution in [-0.2, 0) is 11.4 Å². The molecule has 0 saturated carbocycles. The number of pyridine rings is 1. The lowest BCUT2D eigenvalue weighted by Crippen LogP contribution is -2.23. The molecule has 4 rings (SSSR count). The summed E-state index contributed by atoms with van der Waals surface area (Å²) in [5, 5.41) is 2.83. The van der Waals surface area contributed by atoms with Crippen molar-refractivity contribution in [3.63, 3.8) is 0 Å². The van der Waals surface area contributed by atoms with Gasteiger partial charge >= 0.3 is 0 Å². The van der Waals surface area contributed by atoms with E-state index in [1.807, 2.05) is 49.4 Å². The van der Waals surface area contributed by atoms with Crippen molar-refractivity contribution in [2.24, 2.45) is 0 Å². The standard InChI is InChI=1S/C23H19BrN2O4/c1-2-28-22-17(24)11-15(12-20(22)29-14-16-7-5-6-10-25-16)13-21-23(27)26-18-8-3-4-9-19(18)30-21/h3-13H,2,14H2,1H3,(H,26,27)/b21-13+. The number of halogens is 1. The van der Waals surface area contributed by atoms with Crippen LogP contribution < -0.4 is 19.5 Å². The van der Waals surface area contributed by atoms with E-state index in [9.17, 15) is 4.79 Å². The minimum absolute atomic E-state index is 0.195. The van der Waals surface area contributed by atoms with E-state index in [1.54, 1.807) is 24.4 Å². The Bertz CT molecular complexity index is 1100. The van der Waals surface area contributed by atoms with Crippen LogP contribution in [0.3, 0.4) is 0 Å². The summed E-state index contributed by atoms with van der Waals surface area (Å²) in [6.07, 6.45) is 3.38. The monoisotopic (exact) mass is 466 g/mol. The Kier molecular flexibility index (Phi) is 5.99. The van der Waals surface area contributed by atoms with Crippen LogP contribution in [-0.4, -0.2) is 17.5 Å². The van der Waals surface area contributed by atoms with Crippen molar-refractivity contribution in [1.82, 2.24) is 4.98 Å². The van der Waals surface area contributed by atoms with Gasteiger partial charge in [0.1, 0.15) is 6.61 Å². The minimum atomic E-state index is -0.310. The number of aromatic nitrogens is 1. The molecule has 1 amide bonds. The Balaban J connectivity index is 1.64. The summed E-state index contributed by atoms with van der Waals surface area (Å²) in [6, 6.07) is 16.6. The van der Waals surface area contributed by atoms with Crippen molar-refractivity contribution in [2.45, 2.75) is 13.5 Å². The fourth-order valence-corrected chi connectivity index (χ4v) is 3.53. The average Bonchev–Trinajstić information content (AvgIpc) is 2.75. The highest BCUT2D eigenvalue weighted by molar-refractivity contribution is 9.10. The van der Waals surface area contributed by atoms with Crippen molar-refractivity contribution in [3.05, 3.63) is 82.3 Å². The number of hydrogen-bond acceptors (Lipinski definition) is 5. The first kappa shape index (κ1) is 20.0. The van der Waals surface area contributed by atoms with Crippen LogP contribution in [0.25, 0.3) is 6.08 Å². The highest BCUT2D eigenvalue weighted by Gasteiger charge is 2.22. The van der Waals surface area contributed by atoms with Gasteiger partial charge in [0.25, 0.3) is 5.91 Å². The second kappa shape index (κ2) is 9.00. The topological polar surface area (TPSA) is 69.7 Å². The Hall–Kier alpha value is -3.32. The Morgan fingerprint density at radius 3 is 2.77 bits per heavy atom. The number of hydrogen-bond donors (Lipinski definition) is 1. The first-order valence-corrected chi connectivity index (χ1v) is 10.2. The van der Waals surface area contributed by atoms with Crippen LogP contribution in [0.2, 0.25) is 0 Å². The first-order chi connectivity index (χ1) is 14.6. The minimum Gasteiger partial charge on any atom is -0.489 e. The lowest BCUT2D eigenvalue weighted by molar-refractivity contribution is -0.115. The summed E-state index contributed by atoms with van der Waals surface area (Å²) >= 11 is 3.54. The molecule has 1 aliphatic heterocycles. The molecular weight excluding hydrogens is 448 g/mol. The number of rotatable bonds is 6. The van der Waals surface area contributed by atoms with E-state index in [0.29, 0.717) is 34.0 Å². The zero-order valence-electron chi connectivity index (χ0n) is 16.2. The van der Waals surface area contributed by atoms with E-state index in [4.69, 9.17) is 14.2 Å². The molecule has 0 fully saturated rings. The van der Waals surface area contributed by atoms with Crippen molar-refractivity contribution in [2.75, 3.05) is 11.9 Å². The van der Waals surface area contributed by atoms with Crippen LogP contribution in [0, 0.1) is 0 Å². The number of nitrogens with zero attached hydrogens (tertiary/aromatic N) is 1. The largest absolute Gasteiger partial charge is 0.489 e. The zero-order chi connectivity index (χ0) is 20.9. The third-order valence-electron chi connectivity index (χ3n) is 4.30. The zero-order valence-corrected chi connectivity index (χ0v) is 17.8. The van der Waals surface area contributed by atoms with Crippen molar-refractivity contribution < 1.29 is 19.0 Å². The Labute approximate surface area is 182 Å². The summed E-state index contributed by atoms with van der Waals surface area (Å²) in [5.74, 6) is 1.62. The molecule has 1 aromatic heterocycles. The lowest BCUT2D eigenvalue weighted by Gasteiger charge is -2.20. The number of ether oxygens (including phenoxy) is 3. The fraction of sp³-hybridized carbons (Fsp3) is 0.130. The molecule has 0 unspecified atom stereocenters. The molecular formula is C23H19BrN2O4. The summed E-state index contributed by atoms with van der Waals surface area (Å²) in [5.41, 5.74) is 2.17. The van der Waals surface area contributed by atoms with Gasteiger partial charge in [-0.1, -0.05) is 18.2 Å². The van der Waals surface area contributed by atoms with Gasteiger partial charge in [-0.15, -0.1) is 0 Å². The molecule has 2 heterocycles. The fourth-order valence-electron chi connectivity index (χ4n) is 2.95. The smallest absolute Gasteiger partial charge is 0.291 e. The van der Waals surface area contributed by atoms with Crippen LogP contribution in [0.4, 0.5) is 5.69 Å². The molecule has 2 aromatic carbocycles. The highest BCUT2D eigenvalue weighted by Crippen LogP contribution is 2.38. The van der Waals surface area contributed by atoms with Gasteiger partial charge in [0.2, 0.25) is 0 Å². The van der Waals surface area contributed by atoms with Gasteiger partial charge in [-0.05, 0) is 70.9 Å². The van der Waals surface area contributed by atoms with Gasteiger partial charge in [0.05, 0.1) is 22.5 Å². The molecule has 0 atom stereocenters. The van der Waals surface area contributed by atoms with Crippen LogP contribution in [0.1, 0.15) is 18.2 Å². The van der Waals surface area contributed by atoms with Crippen molar-refractivity contribution in [3.8, 4) is 17.2 Å². The van der Waals surface area contributed by atoms with E-state index in [0.717, 1.165) is 11.3 Å². The van der Waals surface area contributed by atoms with E-state index in [-0.39, 0.29) is 18.3 Å².